The largest absolute Gasteiger partial charge is 0.392 e. The van der Waals surface area contributed by atoms with Crippen molar-refractivity contribution in [1.82, 2.24) is 4.90 Å². The molecule has 0 aromatic carbocycles. The molecule has 3 nitrogen and oxygen atoms in total. The van der Waals surface area contributed by atoms with E-state index in [0.29, 0.717) is 16.9 Å². The minimum atomic E-state index is -0.513. The molecule has 1 amide bonds. The van der Waals surface area contributed by atoms with Crippen molar-refractivity contribution < 1.29 is 4.79 Å². The van der Waals surface area contributed by atoms with E-state index in [0.717, 1.165) is 25.7 Å². The van der Waals surface area contributed by atoms with Gasteiger partial charge >= 0.3 is 0 Å². The molecule has 4 heteroatoms. The molecule has 102 valence electrons. The summed E-state index contributed by atoms with van der Waals surface area (Å²) in [6, 6.07) is 0.373. The van der Waals surface area contributed by atoms with E-state index in [-0.39, 0.29) is 5.91 Å². The van der Waals surface area contributed by atoms with Crippen LogP contribution in [0, 0.1) is 11.3 Å². The molecule has 2 atom stereocenters. The number of hydrogen-bond acceptors (Lipinski definition) is 2. The van der Waals surface area contributed by atoms with E-state index < -0.39 is 5.41 Å². The monoisotopic (exact) mass is 268 g/mol. The molecule has 2 rings (SSSR count). The Bertz CT molecular complexity index is 352. The van der Waals surface area contributed by atoms with Crippen molar-refractivity contribution in [3.05, 3.63) is 0 Å². The molecule has 2 fully saturated rings. The number of nitrogens with zero attached hydrogens (tertiary/aromatic N) is 1. The van der Waals surface area contributed by atoms with Gasteiger partial charge in [0.15, 0.2) is 0 Å². The van der Waals surface area contributed by atoms with Crippen LogP contribution in [0.15, 0.2) is 0 Å². The topological polar surface area (TPSA) is 46.3 Å². The third kappa shape index (κ3) is 2.15. The molecule has 2 aliphatic carbocycles. The highest BCUT2D eigenvalue weighted by Crippen LogP contribution is 2.44. The van der Waals surface area contributed by atoms with Gasteiger partial charge in [-0.3, -0.25) is 4.79 Å². The SMILES string of the molecule is CC1CCCCC1N(C)C(=O)C1(C(N)=S)CCC1. The molecule has 0 saturated heterocycles. The summed E-state index contributed by atoms with van der Waals surface area (Å²) >= 11 is 5.14. The Morgan fingerprint density at radius 2 is 1.89 bits per heavy atom. The number of carbonyl (C=O) groups excluding carboxylic acids is 1. The Morgan fingerprint density at radius 1 is 1.28 bits per heavy atom. The summed E-state index contributed by atoms with van der Waals surface area (Å²) in [5.41, 5.74) is 5.31. The average Bonchev–Trinajstić information content (AvgIpc) is 2.26. The lowest BCUT2D eigenvalue weighted by molar-refractivity contribution is -0.144. The van der Waals surface area contributed by atoms with Gasteiger partial charge in [0.05, 0.1) is 10.4 Å². The lowest BCUT2D eigenvalue weighted by atomic mass is 9.67. The van der Waals surface area contributed by atoms with Crippen molar-refractivity contribution in [1.29, 1.82) is 0 Å². The van der Waals surface area contributed by atoms with E-state index >= 15 is 0 Å². The Morgan fingerprint density at radius 3 is 2.33 bits per heavy atom. The molecular formula is C14H24N2OS. The van der Waals surface area contributed by atoms with E-state index in [4.69, 9.17) is 18.0 Å². The molecule has 0 aromatic rings. The number of carbonyl (C=O) groups is 1. The van der Waals surface area contributed by atoms with Crippen LogP contribution in [0.25, 0.3) is 0 Å². The number of amides is 1. The van der Waals surface area contributed by atoms with Gasteiger partial charge in [-0.25, -0.2) is 0 Å². The molecular weight excluding hydrogens is 244 g/mol. The predicted molar refractivity (Wildman–Crippen MR) is 77.3 cm³/mol. The molecule has 2 saturated carbocycles. The Labute approximate surface area is 115 Å². The smallest absolute Gasteiger partial charge is 0.235 e. The molecule has 18 heavy (non-hydrogen) atoms. The predicted octanol–water partition coefficient (Wildman–Crippen LogP) is 2.48. The maximum Gasteiger partial charge on any atom is 0.235 e. The number of hydrogen-bond donors (Lipinski definition) is 1. The van der Waals surface area contributed by atoms with Crippen molar-refractivity contribution >= 4 is 23.1 Å². The average molecular weight is 268 g/mol. The van der Waals surface area contributed by atoms with Crippen LogP contribution in [0.5, 0.6) is 0 Å². The second-order valence-electron chi connectivity index (χ2n) is 6.05. The van der Waals surface area contributed by atoms with Gasteiger partial charge < -0.3 is 10.6 Å². The van der Waals surface area contributed by atoms with Crippen LogP contribution in [0.1, 0.15) is 51.9 Å². The summed E-state index contributed by atoms with van der Waals surface area (Å²) < 4.78 is 0. The normalized spacial score (nSPS) is 30.3. The first-order chi connectivity index (χ1) is 8.49. The van der Waals surface area contributed by atoms with E-state index in [2.05, 4.69) is 6.92 Å². The zero-order chi connectivity index (χ0) is 13.3. The Kier molecular flexibility index (Phi) is 3.95. The zero-order valence-electron chi connectivity index (χ0n) is 11.4. The van der Waals surface area contributed by atoms with Gasteiger partial charge in [-0.15, -0.1) is 0 Å². The lowest BCUT2D eigenvalue weighted by Crippen LogP contribution is -2.56. The quantitative estimate of drug-likeness (QED) is 0.800. The fraction of sp³-hybridized carbons (Fsp3) is 0.857. The Balaban J connectivity index is 2.10. The lowest BCUT2D eigenvalue weighted by Gasteiger charge is -2.45. The molecule has 0 aliphatic heterocycles. The number of rotatable bonds is 3. The van der Waals surface area contributed by atoms with Gasteiger partial charge in [0.25, 0.3) is 0 Å². The van der Waals surface area contributed by atoms with Crippen LogP contribution in [-0.2, 0) is 4.79 Å². The fourth-order valence-electron chi connectivity index (χ4n) is 3.46. The first-order valence-corrected chi connectivity index (χ1v) is 7.47. The third-order valence-corrected chi connectivity index (χ3v) is 5.36. The van der Waals surface area contributed by atoms with Crippen molar-refractivity contribution in [3.63, 3.8) is 0 Å². The number of thiocarbonyl (C=S) groups is 1. The van der Waals surface area contributed by atoms with Crippen LogP contribution >= 0.6 is 12.2 Å². The molecule has 0 heterocycles. The molecule has 0 spiro atoms. The van der Waals surface area contributed by atoms with Crippen LogP contribution in [0.3, 0.4) is 0 Å². The molecule has 0 aromatic heterocycles. The minimum absolute atomic E-state index is 0.167. The summed E-state index contributed by atoms with van der Waals surface area (Å²) in [7, 11) is 1.94. The van der Waals surface area contributed by atoms with Gasteiger partial charge in [0.2, 0.25) is 5.91 Å². The van der Waals surface area contributed by atoms with Gasteiger partial charge in [0, 0.05) is 13.1 Å². The van der Waals surface area contributed by atoms with E-state index in [1.54, 1.807) is 0 Å². The second-order valence-corrected chi connectivity index (χ2v) is 6.48. The molecule has 2 unspecified atom stereocenters. The summed E-state index contributed by atoms with van der Waals surface area (Å²) in [5.74, 6) is 0.760. The maximum atomic E-state index is 12.7. The molecule has 2 N–H and O–H groups in total. The highest BCUT2D eigenvalue weighted by Gasteiger charge is 2.49. The molecule has 0 radical (unpaired) electrons. The van der Waals surface area contributed by atoms with Crippen LogP contribution in [0.4, 0.5) is 0 Å². The summed E-state index contributed by atoms with van der Waals surface area (Å²) in [6.07, 6.45) is 7.61. The summed E-state index contributed by atoms with van der Waals surface area (Å²) in [6.45, 7) is 2.25. The highest BCUT2D eigenvalue weighted by atomic mass is 32.1. The van der Waals surface area contributed by atoms with Crippen molar-refractivity contribution in [3.8, 4) is 0 Å². The van der Waals surface area contributed by atoms with Crippen LogP contribution in [-0.4, -0.2) is 28.9 Å². The van der Waals surface area contributed by atoms with Gasteiger partial charge in [-0.1, -0.05) is 38.4 Å². The highest BCUT2D eigenvalue weighted by molar-refractivity contribution is 7.80. The van der Waals surface area contributed by atoms with Crippen molar-refractivity contribution in [2.75, 3.05) is 7.05 Å². The maximum absolute atomic E-state index is 12.7. The third-order valence-electron chi connectivity index (χ3n) is 4.97. The second kappa shape index (κ2) is 5.16. The van der Waals surface area contributed by atoms with Crippen molar-refractivity contribution in [2.24, 2.45) is 17.1 Å². The molecule has 0 bridgehead atoms. The van der Waals surface area contributed by atoms with E-state index in [9.17, 15) is 4.79 Å². The summed E-state index contributed by atoms with van der Waals surface area (Å²) in [4.78, 5) is 15.0. The first kappa shape index (κ1) is 13.8. The van der Waals surface area contributed by atoms with Gasteiger partial charge in [-0.2, -0.15) is 0 Å². The van der Waals surface area contributed by atoms with E-state index in [1.165, 1.54) is 19.3 Å². The van der Waals surface area contributed by atoms with Gasteiger partial charge in [0.1, 0.15) is 0 Å². The minimum Gasteiger partial charge on any atom is -0.392 e. The standard InChI is InChI=1S/C14H24N2OS/c1-10-6-3-4-7-11(10)16(2)13(17)14(12(15)18)8-5-9-14/h10-11H,3-9H2,1-2H3,(H2,15,18). The zero-order valence-corrected chi connectivity index (χ0v) is 12.3. The number of nitrogens with two attached hydrogens (primary N) is 1. The fourth-order valence-corrected chi connectivity index (χ4v) is 3.75. The van der Waals surface area contributed by atoms with Crippen LogP contribution < -0.4 is 5.73 Å². The van der Waals surface area contributed by atoms with E-state index in [1.807, 2.05) is 11.9 Å². The van der Waals surface area contributed by atoms with Crippen molar-refractivity contribution in [2.45, 2.75) is 57.9 Å². The Hall–Kier alpha value is -0.640. The first-order valence-electron chi connectivity index (χ1n) is 7.06. The van der Waals surface area contributed by atoms with Crippen LogP contribution in [0.2, 0.25) is 0 Å². The summed E-state index contributed by atoms with van der Waals surface area (Å²) in [5, 5.41) is 0. The molecule has 2 aliphatic rings. The van der Waals surface area contributed by atoms with Gasteiger partial charge in [-0.05, 0) is 31.6 Å².